The van der Waals surface area contributed by atoms with Crippen LogP contribution in [-0.2, 0) is 4.57 Å². The minimum absolute atomic E-state index is 0.620. The number of nitrogens with one attached hydrogen (secondary N) is 1. The van der Waals surface area contributed by atoms with Crippen LogP contribution in [0.3, 0.4) is 0 Å². The van der Waals surface area contributed by atoms with Crippen LogP contribution in [0.1, 0.15) is 24.0 Å². The first-order valence-corrected chi connectivity index (χ1v) is 11.4. The van der Waals surface area contributed by atoms with Crippen LogP contribution in [0, 0.1) is 13.8 Å². The summed E-state index contributed by atoms with van der Waals surface area (Å²) in [4.78, 5) is 39.0. The molecule has 11 nitrogen and oxygen atoms in total. The van der Waals surface area contributed by atoms with Crippen molar-refractivity contribution in [2.24, 2.45) is 5.10 Å². The lowest BCUT2D eigenvalue weighted by Gasteiger charge is -2.07. The number of imidazole rings is 1. The Kier molecular flexibility index (Phi) is 7.52. The SMILES string of the molecule is C/C(=N\Nc1ncnc2cc(Cl)ccc12)c1ccc(-n2cc(C)nc2C)nc1.O=P(O)(O)O. The summed E-state index contributed by atoms with van der Waals surface area (Å²) in [7, 11) is -4.64. The van der Waals surface area contributed by atoms with E-state index in [4.69, 9.17) is 30.8 Å². The molecule has 0 unspecified atom stereocenters. The van der Waals surface area contributed by atoms with E-state index in [2.05, 4.69) is 30.5 Å². The van der Waals surface area contributed by atoms with Crippen molar-refractivity contribution in [3.05, 3.63) is 71.2 Å². The molecule has 3 heterocycles. The van der Waals surface area contributed by atoms with Gasteiger partial charge in [0.2, 0.25) is 0 Å². The maximum atomic E-state index is 8.88. The Labute approximate surface area is 194 Å². The highest BCUT2D eigenvalue weighted by Gasteiger charge is 2.07. The highest BCUT2D eigenvalue weighted by Crippen LogP contribution is 2.26. The van der Waals surface area contributed by atoms with Crippen molar-refractivity contribution in [1.82, 2.24) is 24.5 Å². The number of phosphoric acid groups is 1. The van der Waals surface area contributed by atoms with Crippen LogP contribution in [0.25, 0.3) is 16.7 Å². The molecule has 0 fully saturated rings. The van der Waals surface area contributed by atoms with Crippen LogP contribution in [-0.4, -0.2) is 44.9 Å². The number of pyridine rings is 1. The monoisotopic (exact) mass is 489 g/mol. The number of fused-ring (bicyclic) bond motifs is 1. The number of hydrazone groups is 1. The second-order valence-corrected chi connectivity index (χ2v) is 8.37. The zero-order valence-corrected chi connectivity index (χ0v) is 19.5. The largest absolute Gasteiger partial charge is 0.466 e. The van der Waals surface area contributed by atoms with Gasteiger partial charge in [-0.05, 0) is 51.1 Å². The summed E-state index contributed by atoms with van der Waals surface area (Å²) in [5, 5.41) is 5.93. The summed E-state index contributed by atoms with van der Waals surface area (Å²) >= 11 is 6.03. The van der Waals surface area contributed by atoms with Crippen LogP contribution in [0.15, 0.2) is 54.2 Å². The van der Waals surface area contributed by atoms with Gasteiger partial charge in [-0.1, -0.05) is 11.6 Å². The van der Waals surface area contributed by atoms with Crippen LogP contribution < -0.4 is 5.43 Å². The number of hydrogen-bond donors (Lipinski definition) is 4. The van der Waals surface area contributed by atoms with E-state index in [-0.39, 0.29) is 0 Å². The van der Waals surface area contributed by atoms with E-state index >= 15 is 0 Å². The Hall–Kier alpha value is -3.21. The second kappa shape index (κ2) is 10.2. The summed E-state index contributed by atoms with van der Waals surface area (Å²) < 4.78 is 10.8. The number of nitrogens with zero attached hydrogens (tertiary/aromatic N) is 6. The standard InChI is InChI=1S/C20H18ClN7.H3O4P/c1-12-10-28(14(3)25-12)19-7-4-15(9-22-19)13(2)26-27-20-17-6-5-16(21)8-18(17)23-11-24-20;1-5(2,3)4/h4-11H,1-3H3,(H,23,24,27);(H3,1,2,3,4)/b26-13+;. The third-order valence-electron chi connectivity index (χ3n) is 4.34. The number of aryl methyl sites for hydroxylation is 2. The molecule has 13 heteroatoms. The summed E-state index contributed by atoms with van der Waals surface area (Å²) in [5.74, 6) is 2.34. The first-order valence-electron chi connectivity index (χ1n) is 9.49. The smallest absolute Gasteiger partial charge is 0.303 e. The molecule has 0 saturated heterocycles. The quantitative estimate of drug-likeness (QED) is 0.191. The summed E-state index contributed by atoms with van der Waals surface area (Å²) in [5.41, 5.74) is 6.44. The van der Waals surface area contributed by atoms with E-state index in [0.717, 1.165) is 39.5 Å². The van der Waals surface area contributed by atoms with Gasteiger partial charge >= 0.3 is 7.82 Å². The molecule has 4 aromatic rings. The van der Waals surface area contributed by atoms with Crippen LogP contribution in [0.5, 0.6) is 0 Å². The Morgan fingerprint density at radius 1 is 1.12 bits per heavy atom. The van der Waals surface area contributed by atoms with Crippen molar-refractivity contribution < 1.29 is 19.2 Å². The lowest BCUT2D eigenvalue weighted by Crippen LogP contribution is -2.04. The average molecular weight is 490 g/mol. The zero-order chi connectivity index (χ0) is 24.2. The van der Waals surface area contributed by atoms with Gasteiger partial charge in [-0.25, -0.2) is 24.5 Å². The molecule has 33 heavy (non-hydrogen) atoms. The van der Waals surface area contributed by atoms with Gasteiger partial charge < -0.3 is 14.7 Å². The number of benzene rings is 1. The lowest BCUT2D eigenvalue weighted by molar-refractivity contribution is 0.275. The molecule has 4 rings (SSSR count). The van der Waals surface area contributed by atoms with Gasteiger partial charge in [0.25, 0.3) is 0 Å². The molecule has 0 aliphatic heterocycles. The molecule has 4 N–H and O–H groups in total. The molecule has 0 saturated carbocycles. The van der Waals surface area contributed by atoms with Gasteiger partial charge in [0.05, 0.1) is 16.9 Å². The number of hydrogen-bond acceptors (Lipinski definition) is 7. The summed E-state index contributed by atoms with van der Waals surface area (Å²) in [6, 6.07) is 9.40. The Balaban J connectivity index is 0.000000555. The van der Waals surface area contributed by atoms with E-state index in [0.29, 0.717) is 10.8 Å². The first-order chi connectivity index (χ1) is 15.5. The summed E-state index contributed by atoms with van der Waals surface area (Å²) in [6.45, 7) is 5.83. The minimum atomic E-state index is -4.64. The molecule has 0 radical (unpaired) electrons. The predicted molar refractivity (Wildman–Crippen MR) is 125 cm³/mol. The molecular weight excluding hydrogens is 469 g/mol. The normalized spacial score (nSPS) is 11.8. The van der Waals surface area contributed by atoms with Gasteiger partial charge in [-0.15, -0.1) is 0 Å². The van der Waals surface area contributed by atoms with Crippen molar-refractivity contribution >= 4 is 41.9 Å². The lowest BCUT2D eigenvalue weighted by atomic mass is 10.2. The molecule has 0 bridgehead atoms. The minimum Gasteiger partial charge on any atom is -0.303 e. The molecule has 172 valence electrons. The summed E-state index contributed by atoms with van der Waals surface area (Å²) in [6.07, 6.45) is 5.24. The maximum absolute atomic E-state index is 8.88. The molecule has 0 atom stereocenters. The Morgan fingerprint density at radius 3 is 2.45 bits per heavy atom. The zero-order valence-electron chi connectivity index (χ0n) is 17.9. The number of aromatic nitrogens is 5. The van der Waals surface area contributed by atoms with Gasteiger partial charge in [0.1, 0.15) is 18.0 Å². The third-order valence-corrected chi connectivity index (χ3v) is 4.58. The molecule has 0 aliphatic rings. The van der Waals surface area contributed by atoms with Gasteiger partial charge in [0, 0.05) is 28.4 Å². The van der Waals surface area contributed by atoms with Crippen LogP contribution in [0.2, 0.25) is 5.02 Å². The van der Waals surface area contributed by atoms with Gasteiger partial charge in [-0.2, -0.15) is 5.10 Å². The van der Waals surface area contributed by atoms with Gasteiger partial charge in [-0.3, -0.25) is 9.99 Å². The van der Waals surface area contributed by atoms with Crippen LogP contribution >= 0.6 is 19.4 Å². The van der Waals surface area contributed by atoms with E-state index in [1.165, 1.54) is 6.33 Å². The predicted octanol–water partition coefficient (Wildman–Crippen LogP) is 3.39. The molecule has 0 spiro atoms. The second-order valence-electron chi connectivity index (χ2n) is 6.91. The maximum Gasteiger partial charge on any atom is 0.466 e. The fourth-order valence-electron chi connectivity index (χ4n) is 2.91. The fraction of sp³-hybridized carbons (Fsp3) is 0.150. The average Bonchev–Trinajstić information content (AvgIpc) is 3.08. The molecule has 0 amide bonds. The fourth-order valence-corrected chi connectivity index (χ4v) is 3.08. The van der Waals surface area contributed by atoms with E-state index in [9.17, 15) is 0 Å². The highest BCUT2D eigenvalue weighted by atomic mass is 35.5. The number of halogens is 1. The molecular formula is C20H21ClN7O4P. The van der Waals surface area contributed by atoms with Crippen molar-refractivity contribution in [3.63, 3.8) is 0 Å². The molecule has 3 aromatic heterocycles. The van der Waals surface area contributed by atoms with Gasteiger partial charge in [0.15, 0.2) is 5.82 Å². The van der Waals surface area contributed by atoms with Crippen LogP contribution in [0.4, 0.5) is 5.82 Å². The van der Waals surface area contributed by atoms with Crippen molar-refractivity contribution in [3.8, 4) is 5.82 Å². The number of rotatable bonds is 4. The van der Waals surface area contributed by atoms with Crippen molar-refractivity contribution in [1.29, 1.82) is 0 Å². The Morgan fingerprint density at radius 2 is 1.85 bits per heavy atom. The molecule has 1 aromatic carbocycles. The first kappa shape index (κ1) is 24.4. The highest BCUT2D eigenvalue weighted by molar-refractivity contribution is 7.45. The third kappa shape index (κ3) is 6.88. The van der Waals surface area contributed by atoms with Crippen molar-refractivity contribution in [2.75, 3.05) is 5.43 Å². The van der Waals surface area contributed by atoms with E-state index in [1.54, 1.807) is 18.3 Å². The Bertz CT molecular complexity index is 1340. The van der Waals surface area contributed by atoms with E-state index in [1.807, 2.05) is 49.7 Å². The number of anilines is 1. The molecule has 0 aliphatic carbocycles. The van der Waals surface area contributed by atoms with E-state index < -0.39 is 7.82 Å². The van der Waals surface area contributed by atoms with Crippen molar-refractivity contribution in [2.45, 2.75) is 20.8 Å². The topological polar surface area (TPSA) is 159 Å².